The number of carbonyl (C=O) groups excluding carboxylic acids is 1. The number of nitrogens with zero attached hydrogens (tertiary/aromatic N) is 3. The minimum absolute atomic E-state index is 0.0636. The first kappa shape index (κ1) is 17.1. The van der Waals surface area contributed by atoms with Gasteiger partial charge in [-0.15, -0.1) is 0 Å². The molecule has 1 heterocycles. The molecule has 2 rings (SSSR count). The van der Waals surface area contributed by atoms with Crippen molar-refractivity contribution in [3.8, 4) is 5.69 Å². The highest BCUT2D eigenvalue weighted by Crippen LogP contribution is 2.17. The Kier molecular flexibility index (Phi) is 5.87. The van der Waals surface area contributed by atoms with E-state index in [2.05, 4.69) is 5.10 Å². The van der Waals surface area contributed by atoms with E-state index >= 15 is 0 Å². The van der Waals surface area contributed by atoms with Gasteiger partial charge in [0.25, 0.3) is 5.91 Å². The lowest BCUT2D eigenvalue weighted by Crippen LogP contribution is -2.29. The molecule has 6 heteroatoms. The molecule has 1 amide bonds. The summed E-state index contributed by atoms with van der Waals surface area (Å²) in [5, 5.41) is 4.31. The fraction of sp³-hybridized carbons (Fsp3) is 0.412. The summed E-state index contributed by atoms with van der Waals surface area (Å²) >= 11 is 0. The van der Waals surface area contributed by atoms with E-state index in [0.717, 1.165) is 17.8 Å². The standard InChI is InChI=1S/C17H22FN3O2/c1-4-16-15(17(22)20(2)10-5-11-23-3)12-19-21(16)14-8-6-13(18)7-9-14/h6-9,12H,4-5,10-11H2,1-3H3. The third-order valence-electron chi connectivity index (χ3n) is 3.69. The molecule has 0 aliphatic carbocycles. The van der Waals surface area contributed by atoms with Gasteiger partial charge in [0.15, 0.2) is 0 Å². The molecular weight excluding hydrogens is 297 g/mol. The summed E-state index contributed by atoms with van der Waals surface area (Å²) in [4.78, 5) is 14.3. The second-order valence-electron chi connectivity index (χ2n) is 5.32. The Balaban J connectivity index is 2.23. The van der Waals surface area contributed by atoms with E-state index in [4.69, 9.17) is 4.74 Å². The average Bonchev–Trinajstić information content (AvgIpc) is 2.98. The van der Waals surface area contributed by atoms with E-state index in [9.17, 15) is 9.18 Å². The quantitative estimate of drug-likeness (QED) is 0.737. The van der Waals surface area contributed by atoms with Crippen molar-refractivity contribution in [3.05, 3.63) is 47.5 Å². The number of rotatable bonds is 7. The highest BCUT2D eigenvalue weighted by molar-refractivity contribution is 5.95. The van der Waals surface area contributed by atoms with Crippen molar-refractivity contribution in [2.24, 2.45) is 0 Å². The minimum Gasteiger partial charge on any atom is -0.385 e. The van der Waals surface area contributed by atoms with Crippen molar-refractivity contribution < 1.29 is 13.9 Å². The molecule has 0 atom stereocenters. The van der Waals surface area contributed by atoms with E-state index in [0.29, 0.717) is 25.1 Å². The van der Waals surface area contributed by atoms with Gasteiger partial charge in [-0.25, -0.2) is 9.07 Å². The van der Waals surface area contributed by atoms with E-state index in [1.165, 1.54) is 12.1 Å². The molecule has 0 unspecified atom stereocenters. The predicted octanol–water partition coefficient (Wildman–Crippen LogP) is 2.68. The van der Waals surface area contributed by atoms with Gasteiger partial charge in [0.2, 0.25) is 0 Å². The number of aromatic nitrogens is 2. The summed E-state index contributed by atoms with van der Waals surface area (Å²) in [7, 11) is 3.41. The zero-order valence-electron chi connectivity index (χ0n) is 13.8. The van der Waals surface area contributed by atoms with Gasteiger partial charge in [0.1, 0.15) is 5.82 Å². The molecule has 0 saturated heterocycles. The van der Waals surface area contributed by atoms with Crippen LogP contribution in [0.25, 0.3) is 5.69 Å². The van der Waals surface area contributed by atoms with Crippen LogP contribution in [0.3, 0.4) is 0 Å². The second-order valence-corrected chi connectivity index (χ2v) is 5.32. The van der Waals surface area contributed by atoms with Crippen LogP contribution in [0.4, 0.5) is 4.39 Å². The molecule has 2 aromatic rings. The lowest BCUT2D eigenvalue weighted by molar-refractivity contribution is 0.0778. The molecule has 23 heavy (non-hydrogen) atoms. The number of hydrogen-bond donors (Lipinski definition) is 0. The van der Waals surface area contributed by atoms with Crippen LogP contribution in [-0.2, 0) is 11.2 Å². The van der Waals surface area contributed by atoms with Crippen LogP contribution in [0.2, 0.25) is 0 Å². The van der Waals surface area contributed by atoms with E-state index in [-0.39, 0.29) is 11.7 Å². The maximum Gasteiger partial charge on any atom is 0.257 e. The first-order valence-electron chi connectivity index (χ1n) is 7.65. The molecule has 1 aromatic heterocycles. The maximum atomic E-state index is 13.1. The summed E-state index contributed by atoms with van der Waals surface area (Å²) in [6.07, 6.45) is 3.02. The fourth-order valence-corrected chi connectivity index (χ4v) is 2.45. The number of carbonyl (C=O) groups is 1. The zero-order valence-corrected chi connectivity index (χ0v) is 13.8. The van der Waals surface area contributed by atoms with Crippen molar-refractivity contribution in [2.75, 3.05) is 27.3 Å². The smallest absolute Gasteiger partial charge is 0.257 e. The molecule has 5 nitrogen and oxygen atoms in total. The summed E-state index contributed by atoms with van der Waals surface area (Å²) in [6, 6.07) is 6.07. The number of hydrogen-bond acceptors (Lipinski definition) is 3. The molecule has 0 bridgehead atoms. The van der Waals surface area contributed by atoms with Crippen LogP contribution in [0, 0.1) is 5.82 Å². The summed E-state index contributed by atoms with van der Waals surface area (Å²) in [5.41, 5.74) is 2.14. The highest BCUT2D eigenvalue weighted by Gasteiger charge is 2.20. The molecule has 0 radical (unpaired) electrons. The third-order valence-corrected chi connectivity index (χ3v) is 3.69. The molecular formula is C17H22FN3O2. The van der Waals surface area contributed by atoms with Crippen LogP contribution in [0.5, 0.6) is 0 Å². The summed E-state index contributed by atoms with van der Waals surface area (Å²) in [6.45, 7) is 3.21. The molecule has 0 N–H and O–H groups in total. The van der Waals surface area contributed by atoms with Crippen molar-refractivity contribution in [2.45, 2.75) is 19.8 Å². The van der Waals surface area contributed by atoms with E-state index in [1.807, 2.05) is 6.92 Å². The van der Waals surface area contributed by atoms with Crippen molar-refractivity contribution >= 4 is 5.91 Å². The lowest BCUT2D eigenvalue weighted by atomic mass is 10.1. The average molecular weight is 319 g/mol. The number of methoxy groups -OCH3 is 1. The number of benzene rings is 1. The van der Waals surface area contributed by atoms with Gasteiger partial charge in [-0.05, 0) is 37.1 Å². The van der Waals surface area contributed by atoms with Crippen LogP contribution >= 0.6 is 0 Å². The van der Waals surface area contributed by atoms with Crippen LogP contribution in [-0.4, -0.2) is 47.9 Å². The number of amides is 1. The minimum atomic E-state index is -0.298. The van der Waals surface area contributed by atoms with Crippen LogP contribution in [0.1, 0.15) is 29.4 Å². The normalized spacial score (nSPS) is 10.8. The van der Waals surface area contributed by atoms with Crippen LogP contribution in [0.15, 0.2) is 30.5 Å². The van der Waals surface area contributed by atoms with E-state index in [1.54, 1.807) is 42.1 Å². The Bertz CT molecular complexity index is 652. The van der Waals surface area contributed by atoms with E-state index < -0.39 is 0 Å². The fourth-order valence-electron chi connectivity index (χ4n) is 2.45. The lowest BCUT2D eigenvalue weighted by Gasteiger charge is -2.17. The molecule has 0 spiro atoms. The highest BCUT2D eigenvalue weighted by atomic mass is 19.1. The molecule has 124 valence electrons. The van der Waals surface area contributed by atoms with Gasteiger partial charge in [-0.1, -0.05) is 6.92 Å². The van der Waals surface area contributed by atoms with Gasteiger partial charge in [-0.3, -0.25) is 4.79 Å². The van der Waals surface area contributed by atoms with Crippen molar-refractivity contribution in [1.29, 1.82) is 0 Å². The number of ether oxygens (including phenoxy) is 1. The molecule has 0 saturated carbocycles. The predicted molar refractivity (Wildman–Crippen MR) is 86.4 cm³/mol. The van der Waals surface area contributed by atoms with Crippen molar-refractivity contribution in [3.63, 3.8) is 0 Å². The molecule has 0 aliphatic heterocycles. The first-order chi connectivity index (χ1) is 11.1. The molecule has 1 aromatic carbocycles. The Labute approximate surface area is 135 Å². The Morgan fingerprint density at radius 3 is 2.65 bits per heavy atom. The third kappa shape index (κ3) is 3.96. The summed E-state index contributed by atoms with van der Waals surface area (Å²) in [5.74, 6) is -0.362. The zero-order chi connectivity index (χ0) is 16.8. The topological polar surface area (TPSA) is 47.4 Å². The van der Waals surface area contributed by atoms with Gasteiger partial charge in [0.05, 0.1) is 23.1 Å². The number of halogens is 1. The molecule has 0 fully saturated rings. The van der Waals surface area contributed by atoms with Gasteiger partial charge in [0, 0.05) is 27.3 Å². The Morgan fingerprint density at radius 1 is 1.35 bits per heavy atom. The van der Waals surface area contributed by atoms with Gasteiger partial charge in [-0.2, -0.15) is 5.10 Å². The van der Waals surface area contributed by atoms with Gasteiger partial charge >= 0.3 is 0 Å². The first-order valence-corrected chi connectivity index (χ1v) is 7.65. The SMILES string of the molecule is CCc1c(C(=O)N(C)CCCOC)cnn1-c1ccc(F)cc1. The summed E-state index contributed by atoms with van der Waals surface area (Å²) < 4.78 is 19.8. The second kappa shape index (κ2) is 7.87. The Hall–Kier alpha value is -2.21. The van der Waals surface area contributed by atoms with Crippen LogP contribution < -0.4 is 0 Å². The van der Waals surface area contributed by atoms with Gasteiger partial charge < -0.3 is 9.64 Å². The van der Waals surface area contributed by atoms with Crippen molar-refractivity contribution in [1.82, 2.24) is 14.7 Å². The largest absolute Gasteiger partial charge is 0.385 e. The molecule has 0 aliphatic rings. The monoisotopic (exact) mass is 319 g/mol. The Morgan fingerprint density at radius 2 is 2.04 bits per heavy atom. The maximum absolute atomic E-state index is 13.1.